The van der Waals surface area contributed by atoms with Crippen LogP contribution in [0.4, 0.5) is 0 Å². The fourth-order valence-electron chi connectivity index (χ4n) is 3.05. The number of ether oxygens (including phenoxy) is 2. The van der Waals surface area contributed by atoms with Crippen LogP contribution in [0.25, 0.3) is 0 Å². The first-order valence-corrected chi connectivity index (χ1v) is 9.55. The van der Waals surface area contributed by atoms with Crippen molar-refractivity contribution < 1.29 is 31.7 Å². The molecule has 7 nitrogen and oxygen atoms in total. The van der Waals surface area contributed by atoms with Crippen LogP contribution in [0, 0.1) is 13.8 Å². The Labute approximate surface area is 157 Å². The molecule has 0 amide bonds. The number of hydrogen-bond acceptors (Lipinski definition) is 7. The largest absolute Gasteiger partial charge is 0.496 e. The number of esters is 1. The summed E-state index contributed by atoms with van der Waals surface area (Å²) in [5.41, 5.74) is 2.19. The van der Waals surface area contributed by atoms with Crippen LogP contribution in [0.1, 0.15) is 32.6 Å². The van der Waals surface area contributed by atoms with Crippen LogP contribution in [-0.4, -0.2) is 27.8 Å². The van der Waals surface area contributed by atoms with Gasteiger partial charge in [0.1, 0.15) is 29.1 Å². The topological polar surface area (TPSA) is 96.0 Å². The number of cyclic esters (lactones) is 1. The van der Waals surface area contributed by atoms with Gasteiger partial charge in [-0.05, 0) is 31.5 Å². The molecule has 0 spiro atoms. The summed E-state index contributed by atoms with van der Waals surface area (Å²) in [6, 6.07) is 6.09. The minimum absolute atomic E-state index is 0.0147. The Morgan fingerprint density at radius 1 is 1.15 bits per heavy atom. The van der Waals surface area contributed by atoms with E-state index in [-0.39, 0.29) is 34.8 Å². The molecule has 0 N–H and O–H groups in total. The van der Waals surface area contributed by atoms with Crippen LogP contribution in [0.5, 0.6) is 11.5 Å². The van der Waals surface area contributed by atoms with Gasteiger partial charge in [0.05, 0.1) is 7.11 Å². The van der Waals surface area contributed by atoms with Crippen LogP contribution in [-0.2, 0) is 32.7 Å². The molecule has 1 aliphatic heterocycles. The van der Waals surface area contributed by atoms with Crippen LogP contribution in [0.15, 0.2) is 29.2 Å². The number of aldehydes is 1. The molecular weight excluding hydrogens is 372 g/mol. The Kier molecular flexibility index (Phi) is 4.93. The molecule has 0 aliphatic carbocycles. The summed E-state index contributed by atoms with van der Waals surface area (Å²) in [4.78, 5) is 23.4. The van der Waals surface area contributed by atoms with Crippen molar-refractivity contribution in [3.63, 3.8) is 0 Å². The third kappa shape index (κ3) is 3.28. The molecule has 2 aromatic rings. The maximum atomic E-state index is 12.8. The summed E-state index contributed by atoms with van der Waals surface area (Å²) in [6.45, 7) is 3.53. The zero-order chi connectivity index (χ0) is 19.8. The maximum Gasteiger partial charge on any atom is 0.342 e. The highest BCUT2D eigenvalue weighted by Crippen LogP contribution is 2.43. The lowest BCUT2D eigenvalue weighted by Gasteiger charge is -2.18. The number of rotatable bonds is 6. The van der Waals surface area contributed by atoms with E-state index in [0.717, 1.165) is 5.56 Å². The molecule has 0 radical (unpaired) electrons. The summed E-state index contributed by atoms with van der Waals surface area (Å²) in [7, 11) is -2.83. The van der Waals surface area contributed by atoms with Crippen molar-refractivity contribution >= 4 is 22.4 Å². The van der Waals surface area contributed by atoms with E-state index in [9.17, 15) is 18.0 Å². The fraction of sp³-hybridized carbons (Fsp3) is 0.263. The Bertz CT molecular complexity index is 1020. The van der Waals surface area contributed by atoms with Crippen molar-refractivity contribution in [3.8, 4) is 11.5 Å². The molecule has 8 heteroatoms. The van der Waals surface area contributed by atoms with Gasteiger partial charge in [0.15, 0.2) is 5.75 Å². The second-order valence-electron chi connectivity index (χ2n) is 6.12. The molecule has 0 fully saturated rings. The molecule has 0 unspecified atom stereocenters. The van der Waals surface area contributed by atoms with Crippen molar-refractivity contribution in [1.29, 1.82) is 0 Å². The standard InChI is InChI=1S/C19H18O7S/c1-11-4-6-13(7-5-11)27(22,23)26-18-14(8-9-20)17(24-3)12(2)15-10-25-19(21)16(15)18/h4-7,9H,8,10H2,1-3H3. The third-order valence-electron chi connectivity index (χ3n) is 4.42. The molecule has 1 aliphatic rings. The summed E-state index contributed by atoms with van der Waals surface area (Å²) in [6.07, 6.45) is 0.415. The first kappa shape index (κ1) is 18.9. The van der Waals surface area contributed by atoms with Crippen LogP contribution in [0.2, 0.25) is 0 Å². The van der Waals surface area contributed by atoms with Crippen molar-refractivity contribution in [1.82, 2.24) is 0 Å². The monoisotopic (exact) mass is 390 g/mol. The Morgan fingerprint density at radius 2 is 1.81 bits per heavy atom. The second kappa shape index (κ2) is 7.03. The van der Waals surface area contributed by atoms with E-state index in [1.54, 1.807) is 19.1 Å². The highest BCUT2D eigenvalue weighted by atomic mass is 32.2. The van der Waals surface area contributed by atoms with Gasteiger partial charge in [-0.2, -0.15) is 8.42 Å². The minimum Gasteiger partial charge on any atom is -0.496 e. The minimum atomic E-state index is -4.23. The Morgan fingerprint density at radius 3 is 2.41 bits per heavy atom. The van der Waals surface area contributed by atoms with Gasteiger partial charge in [-0.25, -0.2) is 4.79 Å². The average Bonchev–Trinajstić information content (AvgIpc) is 3.01. The number of benzene rings is 2. The molecule has 0 bridgehead atoms. The average molecular weight is 390 g/mol. The van der Waals surface area contributed by atoms with Crippen LogP contribution in [0.3, 0.4) is 0 Å². The summed E-state index contributed by atoms with van der Waals surface area (Å²) >= 11 is 0. The fourth-order valence-corrected chi connectivity index (χ4v) is 4.02. The number of carbonyl (C=O) groups is 2. The first-order valence-electron chi connectivity index (χ1n) is 8.14. The van der Waals surface area contributed by atoms with Gasteiger partial charge in [0.25, 0.3) is 0 Å². The molecule has 2 aromatic carbocycles. The number of carbonyl (C=O) groups excluding carboxylic acids is 2. The highest BCUT2D eigenvalue weighted by molar-refractivity contribution is 7.87. The van der Waals surface area contributed by atoms with Gasteiger partial charge in [-0.3, -0.25) is 0 Å². The molecule has 27 heavy (non-hydrogen) atoms. The van der Waals surface area contributed by atoms with Crippen LogP contribution < -0.4 is 8.92 Å². The predicted molar refractivity (Wildman–Crippen MR) is 95.6 cm³/mol. The zero-order valence-electron chi connectivity index (χ0n) is 15.1. The normalized spacial score (nSPS) is 13.1. The van der Waals surface area contributed by atoms with E-state index in [2.05, 4.69) is 0 Å². The number of fused-ring (bicyclic) bond motifs is 1. The molecule has 0 aromatic heterocycles. The smallest absolute Gasteiger partial charge is 0.342 e. The molecular formula is C19H18O7S. The Balaban J connectivity index is 2.22. The quantitative estimate of drug-likeness (QED) is 0.425. The number of methoxy groups -OCH3 is 1. The van der Waals surface area contributed by atoms with E-state index >= 15 is 0 Å². The number of aryl methyl sites for hydroxylation is 1. The van der Waals surface area contributed by atoms with Crippen molar-refractivity contribution in [2.24, 2.45) is 0 Å². The lowest BCUT2D eigenvalue weighted by atomic mass is 9.96. The van der Waals surface area contributed by atoms with Gasteiger partial charge >= 0.3 is 16.1 Å². The van der Waals surface area contributed by atoms with E-state index in [1.165, 1.54) is 19.2 Å². The lowest BCUT2D eigenvalue weighted by molar-refractivity contribution is -0.107. The van der Waals surface area contributed by atoms with E-state index in [1.807, 2.05) is 6.92 Å². The molecule has 3 rings (SSSR count). The summed E-state index contributed by atoms with van der Waals surface area (Å²) < 4.78 is 41.3. The molecule has 0 saturated heterocycles. The molecule has 1 heterocycles. The molecule has 142 valence electrons. The maximum absolute atomic E-state index is 12.8. The van der Waals surface area contributed by atoms with Gasteiger partial charge < -0.3 is 18.5 Å². The lowest BCUT2D eigenvalue weighted by Crippen LogP contribution is -2.15. The van der Waals surface area contributed by atoms with E-state index < -0.39 is 16.1 Å². The predicted octanol–water partition coefficient (Wildman–Crippen LogP) is 2.49. The first-order chi connectivity index (χ1) is 12.8. The summed E-state index contributed by atoms with van der Waals surface area (Å²) in [5, 5.41) is 0. The van der Waals surface area contributed by atoms with E-state index in [0.29, 0.717) is 23.2 Å². The van der Waals surface area contributed by atoms with E-state index in [4.69, 9.17) is 13.7 Å². The van der Waals surface area contributed by atoms with Crippen molar-refractivity contribution in [2.75, 3.05) is 7.11 Å². The van der Waals surface area contributed by atoms with Gasteiger partial charge in [0.2, 0.25) is 0 Å². The van der Waals surface area contributed by atoms with Crippen LogP contribution >= 0.6 is 0 Å². The summed E-state index contributed by atoms with van der Waals surface area (Å²) in [5.74, 6) is -0.618. The third-order valence-corrected chi connectivity index (χ3v) is 5.65. The SMILES string of the molecule is COc1c(C)c2c(c(OS(=O)(=O)c3ccc(C)cc3)c1CC=O)C(=O)OC2. The van der Waals surface area contributed by atoms with Gasteiger partial charge in [-0.15, -0.1) is 0 Å². The van der Waals surface area contributed by atoms with Gasteiger partial charge in [0, 0.05) is 17.5 Å². The Hall–Kier alpha value is -2.87. The van der Waals surface area contributed by atoms with Crippen molar-refractivity contribution in [2.45, 2.75) is 31.8 Å². The second-order valence-corrected chi connectivity index (χ2v) is 7.66. The zero-order valence-corrected chi connectivity index (χ0v) is 15.9. The molecule has 0 atom stereocenters. The molecule has 0 saturated carbocycles. The van der Waals surface area contributed by atoms with Crippen molar-refractivity contribution in [3.05, 3.63) is 52.1 Å². The van der Waals surface area contributed by atoms with Gasteiger partial charge in [-0.1, -0.05) is 17.7 Å². The number of hydrogen-bond donors (Lipinski definition) is 0. The highest BCUT2D eigenvalue weighted by Gasteiger charge is 2.35.